The number of likely N-dealkylation sites (N-methyl/N-ethyl adjacent to an activating group) is 1. The number of rotatable bonds is 4. The summed E-state index contributed by atoms with van der Waals surface area (Å²) < 4.78 is 23.3. The summed E-state index contributed by atoms with van der Waals surface area (Å²) in [6, 6.07) is 0.516. The molecule has 0 aromatic heterocycles. The van der Waals surface area contributed by atoms with Crippen molar-refractivity contribution in [3.05, 3.63) is 0 Å². The molecule has 0 aromatic rings. The number of hydrogen-bond acceptors (Lipinski definition) is 5. The van der Waals surface area contributed by atoms with E-state index in [9.17, 15) is 13.2 Å². The number of nitrogens with one attached hydrogen (secondary N) is 1. The van der Waals surface area contributed by atoms with Crippen LogP contribution in [0.4, 0.5) is 0 Å². The van der Waals surface area contributed by atoms with Gasteiger partial charge in [-0.05, 0) is 38.6 Å². The lowest BCUT2D eigenvalue weighted by molar-refractivity contribution is -0.134. The first-order valence-corrected chi connectivity index (χ1v) is 10.3. The molecular formula is C15H27N3O3S. The van der Waals surface area contributed by atoms with Gasteiger partial charge in [0, 0.05) is 31.7 Å². The van der Waals surface area contributed by atoms with Gasteiger partial charge >= 0.3 is 0 Å². The van der Waals surface area contributed by atoms with Crippen LogP contribution in [0.2, 0.25) is 0 Å². The summed E-state index contributed by atoms with van der Waals surface area (Å²) in [6.07, 6.45) is 2.91. The number of nitrogens with zero attached hydrogens (tertiary/aromatic N) is 2. The maximum atomic E-state index is 12.6. The van der Waals surface area contributed by atoms with E-state index in [4.69, 9.17) is 0 Å². The maximum Gasteiger partial charge on any atom is 0.237 e. The number of sulfone groups is 1. The van der Waals surface area contributed by atoms with Crippen LogP contribution in [0.1, 0.15) is 26.2 Å². The maximum absolute atomic E-state index is 12.6. The van der Waals surface area contributed by atoms with Crippen LogP contribution in [0.3, 0.4) is 0 Å². The van der Waals surface area contributed by atoms with Gasteiger partial charge in [-0.2, -0.15) is 0 Å². The largest absolute Gasteiger partial charge is 0.338 e. The second-order valence-electron chi connectivity index (χ2n) is 6.87. The Kier molecular flexibility index (Phi) is 4.75. The Labute approximate surface area is 133 Å². The van der Waals surface area contributed by atoms with Crippen LogP contribution in [-0.2, 0) is 14.6 Å². The lowest BCUT2D eigenvalue weighted by Gasteiger charge is -2.36. The zero-order chi connectivity index (χ0) is 15.7. The summed E-state index contributed by atoms with van der Waals surface area (Å²) in [5, 5.41) is 3.53. The van der Waals surface area contributed by atoms with Crippen molar-refractivity contribution in [3.8, 4) is 0 Å². The molecule has 0 aliphatic carbocycles. The quantitative estimate of drug-likeness (QED) is 0.767. The van der Waals surface area contributed by atoms with Crippen LogP contribution >= 0.6 is 0 Å². The summed E-state index contributed by atoms with van der Waals surface area (Å²) in [6.45, 7) is 6.02. The predicted molar refractivity (Wildman–Crippen MR) is 85.4 cm³/mol. The number of fused-ring (bicyclic) bond motifs is 1. The van der Waals surface area contributed by atoms with Gasteiger partial charge in [0.1, 0.15) is 0 Å². The molecule has 0 aromatic carbocycles. The monoisotopic (exact) mass is 329 g/mol. The van der Waals surface area contributed by atoms with Crippen molar-refractivity contribution in [2.24, 2.45) is 5.92 Å². The standard InChI is InChI=1S/C15H27N3O3S/c1-2-18(13-5-8-22(20,21)11-13)15(19)10-17-7-4-14-12(9-17)3-6-16-14/h12-14,16H,2-11H2,1H3. The second-order valence-corrected chi connectivity index (χ2v) is 9.10. The van der Waals surface area contributed by atoms with Crippen molar-refractivity contribution in [2.45, 2.75) is 38.3 Å². The summed E-state index contributed by atoms with van der Waals surface area (Å²) in [4.78, 5) is 16.6. The first-order chi connectivity index (χ1) is 10.5. The number of carbonyl (C=O) groups excluding carboxylic acids is 1. The lowest BCUT2D eigenvalue weighted by Crippen LogP contribution is -2.50. The van der Waals surface area contributed by atoms with Crippen molar-refractivity contribution in [1.29, 1.82) is 0 Å². The first-order valence-electron chi connectivity index (χ1n) is 8.44. The summed E-state index contributed by atoms with van der Waals surface area (Å²) in [5.74, 6) is 1.12. The SMILES string of the molecule is CCN(C(=O)CN1CCC2NCCC2C1)C1CCS(=O)(=O)C1. The zero-order valence-electron chi connectivity index (χ0n) is 13.3. The average Bonchev–Trinajstić information content (AvgIpc) is 3.05. The van der Waals surface area contributed by atoms with E-state index in [1.54, 1.807) is 4.90 Å². The third kappa shape index (κ3) is 3.46. The molecule has 0 saturated carbocycles. The second kappa shape index (κ2) is 6.45. The van der Waals surface area contributed by atoms with Crippen LogP contribution in [-0.4, -0.2) is 80.4 Å². The van der Waals surface area contributed by atoms with E-state index >= 15 is 0 Å². The third-order valence-corrected chi connectivity index (χ3v) is 7.16. The molecule has 0 bridgehead atoms. The highest BCUT2D eigenvalue weighted by atomic mass is 32.2. The normalized spacial score (nSPS) is 34.5. The van der Waals surface area contributed by atoms with Gasteiger partial charge < -0.3 is 10.2 Å². The molecular weight excluding hydrogens is 302 g/mol. The molecule has 1 N–H and O–H groups in total. The van der Waals surface area contributed by atoms with E-state index in [0.29, 0.717) is 31.5 Å². The topological polar surface area (TPSA) is 69.7 Å². The van der Waals surface area contributed by atoms with Crippen molar-refractivity contribution >= 4 is 15.7 Å². The van der Waals surface area contributed by atoms with Gasteiger partial charge in [-0.25, -0.2) is 8.42 Å². The number of carbonyl (C=O) groups is 1. The highest BCUT2D eigenvalue weighted by Crippen LogP contribution is 2.25. The number of hydrogen-bond donors (Lipinski definition) is 1. The smallest absolute Gasteiger partial charge is 0.237 e. The van der Waals surface area contributed by atoms with Gasteiger partial charge in [-0.15, -0.1) is 0 Å². The Balaban J connectivity index is 1.56. The number of amides is 1. The molecule has 3 rings (SSSR count). The molecule has 3 fully saturated rings. The molecule has 3 saturated heterocycles. The highest BCUT2D eigenvalue weighted by Gasteiger charge is 2.36. The van der Waals surface area contributed by atoms with Gasteiger partial charge in [-0.1, -0.05) is 0 Å². The fourth-order valence-corrected chi connectivity index (χ4v) is 5.94. The van der Waals surface area contributed by atoms with E-state index in [-0.39, 0.29) is 23.5 Å². The van der Waals surface area contributed by atoms with E-state index in [1.807, 2.05) is 6.92 Å². The minimum atomic E-state index is -2.94. The number of likely N-dealkylation sites (tertiary alicyclic amines) is 1. The third-order valence-electron chi connectivity index (χ3n) is 5.41. The fraction of sp³-hybridized carbons (Fsp3) is 0.933. The molecule has 3 heterocycles. The van der Waals surface area contributed by atoms with Crippen LogP contribution < -0.4 is 5.32 Å². The van der Waals surface area contributed by atoms with Crippen LogP contribution in [0, 0.1) is 5.92 Å². The summed E-state index contributed by atoms with van der Waals surface area (Å²) in [5.41, 5.74) is 0. The average molecular weight is 329 g/mol. The fourth-order valence-electron chi connectivity index (χ4n) is 4.21. The summed E-state index contributed by atoms with van der Waals surface area (Å²) in [7, 11) is -2.94. The Morgan fingerprint density at radius 1 is 1.32 bits per heavy atom. The highest BCUT2D eigenvalue weighted by molar-refractivity contribution is 7.91. The van der Waals surface area contributed by atoms with Crippen molar-refractivity contribution in [3.63, 3.8) is 0 Å². The molecule has 0 spiro atoms. The van der Waals surface area contributed by atoms with Crippen molar-refractivity contribution in [2.75, 3.05) is 44.2 Å². The predicted octanol–water partition coefficient (Wildman–Crippen LogP) is -0.294. The number of piperidine rings is 1. The molecule has 6 nitrogen and oxygen atoms in total. The summed E-state index contributed by atoms with van der Waals surface area (Å²) >= 11 is 0. The minimum Gasteiger partial charge on any atom is -0.338 e. The lowest BCUT2D eigenvalue weighted by atomic mass is 9.93. The van der Waals surface area contributed by atoms with Gasteiger partial charge in [0.05, 0.1) is 18.1 Å². The van der Waals surface area contributed by atoms with Gasteiger partial charge in [-0.3, -0.25) is 9.69 Å². The molecule has 1 amide bonds. The van der Waals surface area contributed by atoms with E-state index in [0.717, 1.165) is 26.1 Å². The molecule has 3 aliphatic heterocycles. The Bertz CT molecular complexity index is 522. The van der Waals surface area contributed by atoms with Crippen LogP contribution in [0.15, 0.2) is 0 Å². The molecule has 7 heteroatoms. The molecule has 126 valence electrons. The van der Waals surface area contributed by atoms with Crippen molar-refractivity contribution < 1.29 is 13.2 Å². The molecule has 3 unspecified atom stereocenters. The van der Waals surface area contributed by atoms with Crippen LogP contribution in [0.25, 0.3) is 0 Å². The Morgan fingerprint density at radius 3 is 2.82 bits per heavy atom. The van der Waals surface area contributed by atoms with E-state index in [2.05, 4.69) is 10.2 Å². The van der Waals surface area contributed by atoms with E-state index < -0.39 is 9.84 Å². The van der Waals surface area contributed by atoms with Gasteiger partial charge in [0.2, 0.25) is 5.91 Å². The van der Waals surface area contributed by atoms with E-state index in [1.165, 1.54) is 6.42 Å². The Hall–Kier alpha value is -0.660. The molecule has 22 heavy (non-hydrogen) atoms. The van der Waals surface area contributed by atoms with Gasteiger partial charge in [0.15, 0.2) is 9.84 Å². The molecule has 3 aliphatic rings. The van der Waals surface area contributed by atoms with Crippen molar-refractivity contribution in [1.82, 2.24) is 15.1 Å². The molecule has 3 atom stereocenters. The zero-order valence-corrected chi connectivity index (χ0v) is 14.1. The molecule has 0 radical (unpaired) electrons. The Morgan fingerprint density at radius 2 is 2.14 bits per heavy atom. The van der Waals surface area contributed by atoms with Crippen LogP contribution in [0.5, 0.6) is 0 Å². The first kappa shape index (κ1) is 16.2. The minimum absolute atomic E-state index is 0.0917. The van der Waals surface area contributed by atoms with Gasteiger partial charge in [0.25, 0.3) is 0 Å².